The zero-order chi connectivity index (χ0) is 21.9. The Kier molecular flexibility index (Phi) is 6.98. The number of amides is 1. The highest BCUT2D eigenvalue weighted by molar-refractivity contribution is 6.00. The van der Waals surface area contributed by atoms with E-state index < -0.39 is 0 Å². The van der Waals surface area contributed by atoms with Gasteiger partial charge in [-0.2, -0.15) is 0 Å². The molecule has 5 N–H and O–H groups in total. The monoisotopic (exact) mass is 412 g/mol. The number of benzene rings is 1. The van der Waals surface area contributed by atoms with Gasteiger partial charge in [0.05, 0.1) is 5.52 Å². The third-order valence-electron chi connectivity index (χ3n) is 5.73. The molecule has 1 amide bonds. The predicted octanol–water partition coefficient (Wildman–Crippen LogP) is 3.47. The maximum absolute atomic E-state index is 12.7. The Morgan fingerprint density at radius 3 is 2.53 bits per heavy atom. The van der Waals surface area contributed by atoms with Crippen LogP contribution >= 0.6 is 0 Å². The van der Waals surface area contributed by atoms with E-state index in [0.29, 0.717) is 29.9 Å². The summed E-state index contributed by atoms with van der Waals surface area (Å²) in [6.45, 7) is 10.2. The number of carbonyl (C=O) groups excluding carboxylic acids is 1. The molecular weight excluding hydrogens is 376 g/mol. The number of rotatable bonds is 4. The molecule has 0 radical (unpaired) electrons. The zero-order valence-corrected chi connectivity index (χ0v) is 18.7. The summed E-state index contributed by atoms with van der Waals surface area (Å²) in [6, 6.07) is 6.53. The Morgan fingerprint density at radius 1 is 1.27 bits per heavy atom. The Balaban J connectivity index is 0.000000806. The minimum Gasteiger partial charge on any atom is -0.398 e. The van der Waals surface area contributed by atoms with Gasteiger partial charge in [0.1, 0.15) is 5.69 Å². The molecule has 1 aromatic carbocycles. The molecule has 1 saturated carbocycles. The molecule has 1 unspecified atom stereocenters. The van der Waals surface area contributed by atoms with E-state index in [2.05, 4.69) is 43.5 Å². The molecule has 164 valence electrons. The van der Waals surface area contributed by atoms with E-state index >= 15 is 0 Å². The highest BCUT2D eigenvalue weighted by atomic mass is 16.2. The molecule has 6 nitrogen and oxygen atoms in total. The smallest absolute Gasteiger partial charge is 0.270 e. The molecule has 1 atom stereocenters. The maximum Gasteiger partial charge on any atom is 0.270 e. The molecule has 1 aliphatic carbocycles. The summed E-state index contributed by atoms with van der Waals surface area (Å²) in [4.78, 5) is 17.4. The van der Waals surface area contributed by atoms with Crippen LogP contribution in [0, 0.1) is 0 Å². The van der Waals surface area contributed by atoms with Crippen LogP contribution in [0.5, 0.6) is 0 Å². The van der Waals surface area contributed by atoms with Crippen LogP contribution in [0.3, 0.4) is 0 Å². The molecule has 6 heteroatoms. The van der Waals surface area contributed by atoms with E-state index in [0.717, 1.165) is 23.9 Å². The second kappa shape index (κ2) is 9.31. The van der Waals surface area contributed by atoms with Crippen molar-refractivity contribution in [2.24, 2.45) is 0 Å². The van der Waals surface area contributed by atoms with E-state index in [1.165, 1.54) is 30.4 Å². The second-order valence-electron chi connectivity index (χ2n) is 9.41. The minimum atomic E-state index is -0.150. The number of fused-ring (bicyclic) bond motifs is 1. The normalized spacial score (nSPS) is 18.8. The SMILES string of the molecule is CC(C)(C)c1cc(C2CC2)cc2c(N)cc(C(=O)NCC3CCCN3)nc12.CCO. The largest absolute Gasteiger partial charge is 0.398 e. The van der Waals surface area contributed by atoms with Crippen LogP contribution in [-0.4, -0.2) is 41.7 Å². The van der Waals surface area contributed by atoms with Crippen molar-refractivity contribution >= 4 is 22.5 Å². The summed E-state index contributed by atoms with van der Waals surface area (Å²) in [7, 11) is 0. The predicted molar refractivity (Wildman–Crippen MR) is 123 cm³/mol. The quantitative estimate of drug-likeness (QED) is 0.616. The third-order valence-corrected chi connectivity index (χ3v) is 5.73. The van der Waals surface area contributed by atoms with Gasteiger partial charge in [-0.15, -0.1) is 0 Å². The van der Waals surface area contributed by atoms with Gasteiger partial charge < -0.3 is 21.5 Å². The number of hydrogen-bond donors (Lipinski definition) is 4. The Labute approximate surface area is 179 Å². The zero-order valence-electron chi connectivity index (χ0n) is 18.7. The molecule has 2 aromatic rings. The van der Waals surface area contributed by atoms with Crippen LogP contribution in [0.4, 0.5) is 5.69 Å². The van der Waals surface area contributed by atoms with Crippen LogP contribution in [-0.2, 0) is 5.41 Å². The minimum absolute atomic E-state index is 0.0640. The number of nitrogen functional groups attached to an aromatic ring is 1. The molecule has 2 heterocycles. The van der Waals surface area contributed by atoms with Gasteiger partial charge >= 0.3 is 0 Å². The number of carbonyl (C=O) groups is 1. The van der Waals surface area contributed by atoms with Crippen LogP contribution in [0.15, 0.2) is 18.2 Å². The highest BCUT2D eigenvalue weighted by Crippen LogP contribution is 2.43. The number of aliphatic hydroxyl groups excluding tert-OH is 1. The number of anilines is 1. The lowest BCUT2D eigenvalue weighted by Crippen LogP contribution is -2.37. The van der Waals surface area contributed by atoms with Crippen LogP contribution in [0.1, 0.15) is 80.9 Å². The summed E-state index contributed by atoms with van der Waals surface area (Å²) >= 11 is 0. The van der Waals surface area contributed by atoms with Crippen molar-refractivity contribution < 1.29 is 9.90 Å². The van der Waals surface area contributed by atoms with Crippen molar-refractivity contribution in [1.82, 2.24) is 15.6 Å². The fourth-order valence-corrected chi connectivity index (χ4v) is 3.95. The van der Waals surface area contributed by atoms with Crippen LogP contribution in [0.2, 0.25) is 0 Å². The van der Waals surface area contributed by atoms with Crippen LogP contribution in [0.25, 0.3) is 10.9 Å². The van der Waals surface area contributed by atoms with Gasteiger partial charge in [0.2, 0.25) is 0 Å². The first-order valence-electron chi connectivity index (χ1n) is 11.1. The Morgan fingerprint density at radius 2 is 1.97 bits per heavy atom. The summed E-state index contributed by atoms with van der Waals surface area (Å²) in [5.74, 6) is 0.500. The van der Waals surface area contributed by atoms with E-state index in [1.807, 2.05) is 0 Å². The van der Waals surface area contributed by atoms with Gasteiger partial charge in [0.15, 0.2) is 0 Å². The Hall–Kier alpha value is -2.18. The van der Waals surface area contributed by atoms with E-state index in [9.17, 15) is 4.79 Å². The fourth-order valence-electron chi connectivity index (χ4n) is 3.95. The Bertz CT molecular complexity index is 894. The lowest BCUT2D eigenvalue weighted by molar-refractivity contribution is 0.0945. The standard InChI is InChI=1S/C22H30N4O.C2H6O/c1-22(2,3)17-10-14(13-6-7-13)9-16-18(23)11-19(26-20(16)17)21(27)25-12-15-5-4-8-24-15;1-2-3/h9-11,13,15,24H,4-8,12H2,1-3H3,(H2,23,26)(H,25,27);3H,2H2,1H3. The average Bonchev–Trinajstić information content (AvgIpc) is 3.41. The van der Waals surface area contributed by atoms with Gasteiger partial charge in [0.25, 0.3) is 5.91 Å². The molecule has 0 spiro atoms. The highest BCUT2D eigenvalue weighted by Gasteiger charge is 2.28. The topological polar surface area (TPSA) is 100 Å². The number of nitrogens with zero attached hydrogens (tertiary/aromatic N) is 1. The van der Waals surface area contributed by atoms with E-state index in [-0.39, 0.29) is 17.9 Å². The third kappa shape index (κ3) is 5.29. The molecule has 2 aliphatic rings. The molecule has 1 aliphatic heterocycles. The van der Waals surface area contributed by atoms with Crippen molar-refractivity contribution in [3.63, 3.8) is 0 Å². The lowest BCUT2D eigenvalue weighted by atomic mass is 9.83. The number of hydrogen-bond acceptors (Lipinski definition) is 5. The van der Waals surface area contributed by atoms with E-state index in [1.54, 1.807) is 13.0 Å². The first-order valence-corrected chi connectivity index (χ1v) is 11.1. The van der Waals surface area contributed by atoms with Gasteiger partial charge in [-0.25, -0.2) is 4.98 Å². The number of pyridine rings is 1. The molecule has 1 aromatic heterocycles. The summed E-state index contributed by atoms with van der Waals surface area (Å²) in [5, 5.41) is 14.9. The summed E-state index contributed by atoms with van der Waals surface area (Å²) < 4.78 is 0. The van der Waals surface area contributed by atoms with Crippen LogP contribution < -0.4 is 16.4 Å². The van der Waals surface area contributed by atoms with Crippen molar-refractivity contribution in [2.75, 3.05) is 25.4 Å². The summed E-state index contributed by atoms with van der Waals surface area (Å²) in [6.07, 6.45) is 4.77. The molecule has 0 bridgehead atoms. The molecule has 4 rings (SSSR count). The average molecular weight is 413 g/mol. The maximum atomic E-state index is 12.7. The fraction of sp³-hybridized carbons (Fsp3) is 0.583. The van der Waals surface area contributed by atoms with Crippen molar-refractivity contribution in [2.45, 2.75) is 70.8 Å². The molecule has 1 saturated heterocycles. The molecule has 30 heavy (non-hydrogen) atoms. The first kappa shape index (κ1) is 22.5. The number of aromatic nitrogens is 1. The van der Waals surface area contributed by atoms with E-state index in [4.69, 9.17) is 15.8 Å². The second-order valence-corrected chi connectivity index (χ2v) is 9.41. The van der Waals surface area contributed by atoms with Crippen molar-refractivity contribution in [3.05, 3.63) is 35.0 Å². The van der Waals surface area contributed by atoms with Gasteiger partial charge in [-0.1, -0.05) is 26.8 Å². The number of nitrogens with one attached hydrogen (secondary N) is 2. The molecule has 2 fully saturated rings. The van der Waals surface area contributed by atoms with Crippen molar-refractivity contribution in [1.29, 1.82) is 0 Å². The van der Waals surface area contributed by atoms with Crippen molar-refractivity contribution in [3.8, 4) is 0 Å². The van der Waals surface area contributed by atoms with Gasteiger partial charge in [0, 0.05) is 30.3 Å². The van der Waals surface area contributed by atoms with Gasteiger partial charge in [-0.05, 0) is 73.7 Å². The lowest BCUT2D eigenvalue weighted by Gasteiger charge is -2.23. The number of nitrogens with two attached hydrogens (primary N) is 1. The number of aliphatic hydroxyl groups is 1. The van der Waals surface area contributed by atoms with Gasteiger partial charge in [-0.3, -0.25) is 4.79 Å². The first-order chi connectivity index (χ1) is 14.2. The molecular formula is C24H36N4O2. The summed E-state index contributed by atoms with van der Waals surface area (Å²) in [5.41, 5.74) is 10.7.